The average Bonchev–Trinajstić information content (AvgIpc) is 2.63. The Kier molecular flexibility index (Phi) is 5.12. The molecule has 1 saturated heterocycles. The Morgan fingerprint density at radius 1 is 1.28 bits per heavy atom. The molecule has 0 radical (unpaired) electrons. The van der Waals surface area contributed by atoms with Crippen molar-refractivity contribution in [2.45, 2.75) is 17.9 Å². The maximum atomic E-state index is 12.9. The zero-order valence-corrected chi connectivity index (χ0v) is 14.6. The normalized spacial score (nSPS) is 18.7. The summed E-state index contributed by atoms with van der Waals surface area (Å²) in [5.74, 6) is -0.323. The lowest BCUT2D eigenvalue weighted by atomic mass is 10.2. The Balaban J connectivity index is 1.82. The lowest BCUT2D eigenvalue weighted by Crippen LogP contribution is -2.46. The molecule has 0 aliphatic carbocycles. The van der Waals surface area contributed by atoms with E-state index >= 15 is 0 Å². The van der Waals surface area contributed by atoms with Gasteiger partial charge in [-0.25, -0.2) is 8.42 Å². The molecule has 0 spiro atoms. The molecular weight excluding hydrogens is 342 g/mol. The standard InChI is InChI=1S/C17H19N3O4S/c1-13-12-24-10-9-20(13)25(22,23)16-4-2-3-15(11-16)19-17(21)14-5-7-18-8-6-14/h2-8,11,13H,9-10,12H2,1H3,(H,19,21). The van der Waals surface area contributed by atoms with Crippen molar-refractivity contribution in [3.63, 3.8) is 0 Å². The summed E-state index contributed by atoms with van der Waals surface area (Å²) < 4.78 is 32.4. The van der Waals surface area contributed by atoms with Gasteiger partial charge in [-0.1, -0.05) is 6.07 Å². The predicted molar refractivity (Wildman–Crippen MR) is 92.8 cm³/mol. The van der Waals surface area contributed by atoms with Crippen molar-refractivity contribution in [1.82, 2.24) is 9.29 Å². The molecule has 2 aromatic rings. The van der Waals surface area contributed by atoms with Crippen LogP contribution in [0.1, 0.15) is 17.3 Å². The number of hydrogen-bond donors (Lipinski definition) is 1. The van der Waals surface area contributed by atoms with Gasteiger partial charge in [0.25, 0.3) is 5.91 Å². The van der Waals surface area contributed by atoms with Gasteiger partial charge in [-0.2, -0.15) is 4.31 Å². The second kappa shape index (κ2) is 7.30. The van der Waals surface area contributed by atoms with Gasteiger partial charge in [0, 0.05) is 36.2 Å². The van der Waals surface area contributed by atoms with Crippen LogP contribution < -0.4 is 5.32 Å². The largest absolute Gasteiger partial charge is 0.378 e. The van der Waals surface area contributed by atoms with E-state index in [4.69, 9.17) is 4.74 Å². The minimum absolute atomic E-state index is 0.147. The van der Waals surface area contributed by atoms with Gasteiger partial charge in [0.2, 0.25) is 10.0 Å². The number of morpholine rings is 1. The SMILES string of the molecule is CC1COCCN1S(=O)(=O)c1cccc(NC(=O)c2ccncc2)c1. The summed E-state index contributed by atoms with van der Waals surface area (Å²) in [6.07, 6.45) is 3.05. The molecule has 1 fully saturated rings. The van der Waals surface area contributed by atoms with Crippen molar-refractivity contribution in [2.24, 2.45) is 0 Å². The average molecular weight is 361 g/mol. The fraction of sp³-hybridized carbons (Fsp3) is 0.294. The van der Waals surface area contributed by atoms with E-state index in [1.807, 2.05) is 6.92 Å². The van der Waals surface area contributed by atoms with Crippen LogP contribution >= 0.6 is 0 Å². The van der Waals surface area contributed by atoms with Crippen LogP contribution in [0.5, 0.6) is 0 Å². The van der Waals surface area contributed by atoms with E-state index in [1.165, 1.54) is 28.8 Å². The van der Waals surface area contributed by atoms with E-state index in [-0.39, 0.29) is 16.8 Å². The molecule has 2 heterocycles. The Hall–Kier alpha value is -2.29. The van der Waals surface area contributed by atoms with Crippen LogP contribution in [0.25, 0.3) is 0 Å². The number of carbonyl (C=O) groups is 1. The summed E-state index contributed by atoms with van der Waals surface area (Å²) in [5, 5.41) is 2.71. The highest BCUT2D eigenvalue weighted by atomic mass is 32.2. The molecule has 1 atom stereocenters. The molecule has 25 heavy (non-hydrogen) atoms. The van der Waals surface area contributed by atoms with Crippen LogP contribution in [-0.4, -0.2) is 49.4 Å². The number of carbonyl (C=O) groups excluding carboxylic acids is 1. The van der Waals surface area contributed by atoms with E-state index in [2.05, 4.69) is 10.3 Å². The van der Waals surface area contributed by atoms with Gasteiger partial charge in [0.1, 0.15) is 0 Å². The maximum Gasteiger partial charge on any atom is 0.255 e. The highest BCUT2D eigenvalue weighted by Gasteiger charge is 2.31. The number of amides is 1. The molecule has 1 aromatic heterocycles. The number of nitrogens with zero attached hydrogens (tertiary/aromatic N) is 2. The van der Waals surface area contributed by atoms with E-state index in [9.17, 15) is 13.2 Å². The Morgan fingerprint density at radius 3 is 2.76 bits per heavy atom. The quantitative estimate of drug-likeness (QED) is 0.896. The zero-order valence-electron chi connectivity index (χ0n) is 13.8. The predicted octanol–water partition coefficient (Wildman–Crippen LogP) is 1.74. The number of benzene rings is 1. The molecule has 1 N–H and O–H groups in total. The van der Waals surface area contributed by atoms with Crippen LogP contribution in [0, 0.1) is 0 Å². The molecule has 132 valence electrons. The number of anilines is 1. The van der Waals surface area contributed by atoms with Gasteiger partial charge < -0.3 is 10.1 Å². The summed E-state index contributed by atoms with van der Waals surface area (Å²) in [4.78, 5) is 16.2. The van der Waals surface area contributed by atoms with Crippen molar-refractivity contribution in [1.29, 1.82) is 0 Å². The minimum Gasteiger partial charge on any atom is -0.378 e. The first kappa shape index (κ1) is 17.5. The Bertz CT molecular complexity index is 855. The third kappa shape index (κ3) is 3.87. The number of ether oxygens (including phenoxy) is 1. The van der Waals surface area contributed by atoms with Crippen molar-refractivity contribution in [3.05, 3.63) is 54.4 Å². The number of sulfonamides is 1. The van der Waals surface area contributed by atoms with Gasteiger partial charge in [0.05, 0.1) is 18.1 Å². The highest BCUT2D eigenvalue weighted by Crippen LogP contribution is 2.23. The smallest absolute Gasteiger partial charge is 0.255 e. The van der Waals surface area contributed by atoms with Gasteiger partial charge in [-0.05, 0) is 37.3 Å². The second-order valence-electron chi connectivity index (χ2n) is 5.76. The zero-order chi connectivity index (χ0) is 17.9. The van der Waals surface area contributed by atoms with Gasteiger partial charge >= 0.3 is 0 Å². The molecule has 0 bridgehead atoms. The summed E-state index contributed by atoms with van der Waals surface area (Å²) in [7, 11) is -3.64. The molecule has 8 heteroatoms. The third-order valence-electron chi connectivity index (χ3n) is 3.95. The molecule has 1 amide bonds. The van der Waals surface area contributed by atoms with Crippen LogP contribution in [0.15, 0.2) is 53.7 Å². The summed E-state index contributed by atoms with van der Waals surface area (Å²) in [6.45, 7) is 2.88. The molecule has 7 nitrogen and oxygen atoms in total. The molecule has 1 unspecified atom stereocenters. The Labute approximate surface area is 146 Å². The van der Waals surface area contributed by atoms with E-state index in [0.29, 0.717) is 31.0 Å². The molecule has 1 aromatic carbocycles. The minimum atomic E-state index is -3.64. The van der Waals surface area contributed by atoms with Crippen LogP contribution in [-0.2, 0) is 14.8 Å². The lowest BCUT2D eigenvalue weighted by molar-refractivity contribution is 0.0393. The van der Waals surface area contributed by atoms with E-state index in [1.54, 1.807) is 24.3 Å². The van der Waals surface area contributed by atoms with Crippen molar-refractivity contribution in [3.8, 4) is 0 Å². The van der Waals surface area contributed by atoms with Crippen molar-refractivity contribution in [2.75, 3.05) is 25.1 Å². The molecular formula is C17H19N3O4S. The maximum absolute atomic E-state index is 12.9. The summed E-state index contributed by atoms with van der Waals surface area (Å²) in [6, 6.07) is 9.21. The number of rotatable bonds is 4. The number of nitrogens with one attached hydrogen (secondary N) is 1. The monoisotopic (exact) mass is 361 g/mol. The summed E-state index contributed by atoms with van der Waals surface area (Å²) in [5.41, 5.74) is 0.869. The van der Waals surface area contributed by atoms with Crippen LogP contribution in [0.4, 0.5) is 5.69 Å². The first-order valence-electron chi connectivity index (χ1n) is 7.89. The Morgan fingerprint density at radius 2 is 2.04 bits per heavy atom. The van der Waals surface area contributed by atoms with Crippen LogP contribution in [0.3, 0.4) is 0 Å². The molecule has 3 rings (SSSR count). The van der Waals surface area contributed by atoms with Gasteiger partial charge in [-0.3, -0.25) is 9.78 Å². The lowest BCUT2D eigenvalue weighted by Gasteiger charge is -2.32. The fourth-order valence-corrected chi connectivity index (χ4v) is 4.29. The second-order valence-corrected chi connectivity index (χ2v) is 7.65. The first-order valence-corrected chi connectivity index (χ1v) is 9.33. The number of hydrogen-bond acceptors (Lipinski definition) is 5. The number of aromatic nitrogens is 1. The van der Waals surface area contributed by atoms with Crippen molar-refractivity contribution >= 4 is 21.6 Å². The number of pyridine rings is 1. The van der Waals surface area contributed by atoms with E-state index < -0.39 is 10.0 Å². The topological polar surface area (TPSA) is 88.6 Å². The van der Waals surface area contributed by atoms with Gasteiger partial charge in [0.15, 0.2) is 0 Å². The molecule has 1 aliphatic heterocycles. The fourth-order valence-electron chi connectivity index (χ4n) is 2.65. The third-order valence-corrected chi connectivity index (χ3v) is 5.96. The molecule has 0 saturated carbocycles. The highest BCUT2D eigenvalue weighted by molar-refractivity contribution is 7.89. The van der Waals surface area contributed by atoms with Crippen LogP contribution in [0.2, 0.25) is 0 Å². The summed E-state index contributed by atoms with van der Waals surface area (Å²) >= 11 is 0. The van der Waals surface area contributed by atoms with E-state index in [0.717, 1.165) is 0 Å². The van der Waals surface area contributed by atoms with Crippen molar-refractivity contribution < 1.29 is 17.9 Å². The molecule has 1 aliphatic rings. The first-order chi connectivity index (χ1) is 12.0. The van der Waals surface area contributed by atoms with Gasteiger partial charge in [-0.15, -0.1) is 0 Å².